The summed E-state index contributed by atoms with van der Waals surface area (Å²) in [5, 5.41) is -0.702. The maximum atomic E-state index is 13.7. The first-order valence-electron chi connectivity index (χ1n) is 9.18. The number of Topliss-reactive ketones (excluding diaryl/α,β-unsaturated/α-hetero) is 2. The zero-order valence-corrected chi connectivity index (χ0v) is 18.1. The van der Waals surface area contributed by atoms with E-state index in [1.807, 2.05) is 0 Å². The molecule has 0 spiro atoms. The second-order valence-electron chi connectivity index (χ2n) is 7.52. The largest absolute Gasteiger partial charge is 0.496 e. The molecule has 1 aromatic carbocycles. The normalized spacial score (nSPS) is 24.5. The lowest BCUT2D eigenvalue weighted by atomic mass is 9.70. The topological polar surface area (TPSA) is 97.4 Å². The van der Waals surface area contributed by atoms with Crippen LogP contribution in [0.5, 0.6) is 11.5 Å². The minimum Gasteiger partial charge on any atom is -0.496 e. The number of hydrogen-bond donors (Lipinski definition) is 0. The molecule has 1 aromatic rings. The number of ether oxygens (including phenoxy) is 5. The van der Waals surface area contributed by atoms with Gasteiger partial charge in [-0.25, -0.2) is 0 Å². The number of methoxy groups -OCH3 is 3. The molecule has 0 fully saturated rings. The summed E-state index contributed by atoms with van der Waals surface area (Å²) in [4.78, 5) is 39.4. The molecule has 0 unspecified atom stereocenters. The van der Waals surface area contributed by atoms with Crippen molar-refractivity contribution in [3.8, 4) is 11.5 Å². The third-order valence-electron chi connectivity index (χ3n) is 5.19. The highest BCUT2D eigenvalue weighted by molar-refractivity contribution is 6.30. The fraction of sp³-hybridized carbons (Fsp3) is 0.476. The zero-order valence-electron chi connectivity index (χ0n) is 17.4. The predicted octanol–water partition coefficient (Wildman–Crippen LogP) is 2.70. The summed E-state index contributed by atoms with van der Waals surface area (Å²) in [5.74, 6) is -1.37. The van der Waals surface area contributed by atoms with Gasteiger partial charge in [-0.15, -0.1) is 11.6 Å². The van der Waals surface area contributed by atoms with Gasteiger partial charge in [-0.3, -0.25) is 14.4 Å². The predicted molar refractivity (Wildman–Crippen MR) is 106 cm³/mol. The van der Waals surface area contributed by atoms with Crippen molar-refractivity contribution in [2.24, 2.45) is 0 Å². The number of fused-ring (bicyclic) bond motifs is 2. The van der Waals surface area contributed by atoms with E-state index >= 15 is 0 Å². The number of alkyl halides is 1. The summed E-state index contributed by atoms with van der Waals surface area (Å²) in [5.41, 5.74) is -2.81. The van der Waals surface area contributed by atoms with Gasteiger partial charge in [-0.2, -0.15) is 0 Å². The van der Waals surface area contributed by atoms with Crippen molar-refractivity contribution < 1.29 is 38.1 Å². The number of carbonyl (C=O) groups excluding carboxylic acids is 3. The van der Waals surface area contributed by atoms with Gasteiger partial charge in [0.15, 0.2) is 18.2 Å². The molecule has 0 radical (unpaired) electrons. The van der Waals surface area contributed by atoms with Gasteiger partial charge in [-0.1, -0.05) is 6.08 Å². The van der Waals surface area contributed by atoms with Crippen molar-refractivity contribution in [1.82, 2.24) is 0 Å². The molecular weight excluding hydrogens is 416 g/mol. The van der Waals surface area contributed by atoms with Crippen molar-refractivity contribution in [2.75, 3.05) is 28.1 Å². The lowest BCUT2D eigenvalue weighted by Crippen LogP contribution is -2.59. The molecule has 3 rings (SSSR count). The van der Waals surface area contributed by atoms with E-state index < -0.39 is 40.5 Å². The lowest BCUT2D eigenvalue weighted by molar-refractivity contribution is -0.153. The van der Waals surface area contributed by atoms with E-state index in [4.69, 9.17) is 35.3 Å². The van der Waals surface area contributed by atoms with Crippen LogP contribution < -0.4 is 9.47 Å². The molecule has 0 saturated carbocycles. The van der Waals surface area contributed by atoms with E-state index in [-0.39, 0.29) is 35.0 Å². The molecule has 30 heavy (non-hydrogen) atoms. The standard InChI is InChI=1S/C21H23ClO8/c1-20(2)15(22)8-13-18(24)17-12(6-11(29-10-26-3)7-14(17)27-4)19(25)21(13,30-20)9-16(23)28-5/h6-8,15H,9-10H2,1-5H3/t15-,21-/m0/s1. The van der Waals surface area contributed by atoms with Crippen molar-refractivity contribution >= 4 is 29.1 Å². The molecule has 0 amide bonds. The maximum absolute atomic E-state index is 13.7. The molecule has 0 saturated heterocycles. The van der Waals surface area contributed by atoms with Gasteiger partial charge in [0.25, 0.3) is 0 Å². The molecule has 8 nitrogen and oxygen atoms in total. The van der Waals surface area contributed by atoms with E-state index in [1.165, 1.54) is 39.5 Å². The van der Waals surface area contributed by atoms with Gasteiger partial charge < -0.3 is 23.7 Å². The molecule has 0 aromatic heterocycles. The van der Waals surface area contributed by atoms with Gasteiger partial charge in [0.05, 0.1) is 37.2 Å². The van der Waals surface area contributed by atoms with E-state index in [1.54, 1.807) is 13.8 Å². The third kappa shape index (κ3) is 3.49. The highest BCUT2D eigenvalue weighted by Gasteiger charge is 2.59. The van der Waals surface area contributed by atoms with Crippen LogP contribution in [0.4, 0.5) is 0 Å². The Labute approximate surface area is 179 Å². The second kappa shape index (κ2) is 8.02. The molecule has 1 aliphatic carbocycles. The number of benzene rings is 1. The Morgan fingerprint density at radius 1 is 1.20 bits per heavy atom. The van der Waals surface area contributed by atoms with Crippen LogP contribution in [0.15, 0.2) is 23.8 Å². The molecular formula is C21H23ClO8. The first-order chi connectivity index (χ1) is 14.1. The van der Waals surface area contributed by atoms with E-state index in [2.05, 4.69) is 0 Å². The number of halogens is 1. The minimum atomic E-state index is -1.86. The van der Waals surface area contributed by atoms with E-state index in [0.717, 1.165) is 0 Å². The first kappa shape index (κ1) is 22.3. The molecule has 1 heterocycles. The zero-order chi connectivity index (χ0) is 22.3. The van der Waals surface area contributed by atoms with E-state index in [0.29, 0.717) is 0 Å². The summed E-state index contributed by atoms with van der Waals surface area (Å²) in [7, 11) is 4.03. The lowest BCUT2D eigenvalue weighted by Gasteiger charge is -2.47. The summed E-state index contributed by atoms with van der Waals surface area (Å²) in [6, 6.07) is 2.90. The molecule has 1 aliphatic heterocycles. The first-order valence-corrected chi connectivity index (χ1v) is 9.61. The summed E-state index contributed by atoms with van der Waals surface area (Å²) in [6.07, 6.45) is 1.00. The van der Waals surface area contributed by atoms with Gasteiger partial charge in [0.1, 0.15) is 11.5 Å². The minimum absolute atomic E-state index is 0.00594. The fourth-order valence-electron chi connectivity index (χ4n) is 3.68. The van der Waals surface area contributed by atoms with Gasteiger partial charge >= 0.3 is 5.97 Å². The number of rotatable bonds is 6. The van der Waals surface area contributed by atoms with Crippen LogP contribution in [0.2, 0.25) is 0 Å². The highest BCUT2D eigenvalue weighted by Crippen LogP contribution is 2.48. The summed E-state index contributed by atoms with van der Waals surface area (Å²) in [6.45, 7) is 3.30. The van der Waals surface area contributed by atoms with Crippen LogP contribution in [0, 0.1) is 0 Å². The van der Waals surface area contributed by atoms with Crippen LogP contribution in [0.1, 0.15) is 41.0 Å². The van der Waals surface area contributed by atoms with E-state index in [9.17, 15) is 14.4 Å². The molecule has 0 N–H and O–H groups in total. The molecule has 2 aliphatic rings. The quantitative estimate of drug-likeness (QED) is 0.380. The van der Waals surface area contributed by atoms with Crippen LogP contribution in [-0.2, 0) is 19.0 Å². The Bertz CT molecular complexity index is 935. The van der Waals surface area contributed by atoms with Crippen LogP contribution in [0.25, 0.3) is 0 Å². The van der Waals surface area contributed by atoms with Gasteiger partial charge in [-0.05, 0) is 19.9 Å². The number of carbonyl (C=O) groups is 3. The fourth-order valence-corrected chi connectivity index (χ4v) is 3.85. The van der Waals surface area contributed by atoms with Crippen LogP contribution in [0.3, 0.4) is 0 Å². The summed E-state index contributed by atoms with van der Waals surface area (Å²) >= 11 is 6.41. The third-order valence-corrected chi connectivity index (χ3v) is 5.84. The average Bonchev–Trinajstić information content (AvgIpc) is 2.71. The Morgan fingerprint density at radius 2 is 1.90 bits per heavy atom. The molecule has 2 atom stereocenters. The van der Waals surface area contributed by atoms with Gasteiger partial charge in [0, 0.05) is 24.3 Å². The number of hydrogen-bond acceptors (Lipinski definition) is 8. The Kier molecular flexibility index (Phi) is 5.95. The van der Waals surface area contributed by atoms with Crippen molar-refractivity contribution in [3.05, 3.63) is 34.9 Å². The average molecular weight is 439 g/mol. The molecule has 0 bridgehead atoms. The van der Waals surface area contributed by atoms with Crippen molar-refractivity contribution in [1.29, 1.82) is 0 Å². The van der Waals surface area contributed by atoms with Crippen molar-refractivity contribution in [2.45, 2.75) is 36.8 Å². The highest BCUT2D eigenvalue weighted by atomic mass is 35.5. The van der Waals surface area contributed by atoms with Crippen LogP contribution >= 0.6 is 11.6 Å². The Hall–Kier alpha value is -2.42. The Morgan fingerprint density at radius 3 is 2.50 bits per heavy atom. The number of ketones is 2. The molecule has 9 heteroatoms. The van der Waals surface area contributed by atoms with Crippen molar-refractivity contribution in [3.63, 3.8) is 0 Å². The summed E-state index contributed by atoms with van der Waals surface area (Å²) < 4.78 is 26.6. The molecule has 162 valence electrons. The maximum Gasteiger partial charge on any atom is 0.309 e. The smallest absolute Gasteiger partial charge is 0.309 e. The SMILES string of the molecule is COCOc1cc(OC)c2c(c1)C(=O)[C@@]1(CC(=O)OC)OC(C)(C)[C@@H](Cl)C=C1C2=O. The second-order valence-corrected chi connectivity index (χ2v) is 7.99. The van der Waals surface area contributed by atoms with Gasteiger partial charge in [0.2, 0.25) is 5.78 Å². The Balaban J connectivity index is 2.27. The monoisotopic (exact) mass is 438 g/mol. The number of esters is 1. The van der Waals surface area contributed by atoms with Crippen LogP contribution in [-0.4, -0.2) is 62.2 Å².